The molecule has 0 atom stereocenters. The first kappa shape index (κ1) is 16.0. The zero-order chi connectivity index (χ0) is 17.4. The molecule has 3 rings (SSSR count). The van der Waals surface area contributed by atoms with E-state index in [0.717, 1.165) is 10.1 Å². The molecule has 2 heterocycles. The van der Waals surface area contributed by atoms with E-state index in [-0.39, 0.29) is 0 Å². The minimum Gasteiger partial charge on any atom is -0.306 e. The summed E-state index contributed by atoms with van der Waals surface area (Å²) in [5.74, 6) is 0.339. The van der Waals surface area contributed by atoms with E-state index in [1.54, 1.807) is 30.9 Å². The normalized spacial score (nSPS) is 11.5. The minimum absolute atomic E-state index is 0.293. The molecule has 0 bridgehead atoms. The van der Waals surface area contributed by atoms with Crippen molar-refractivity contribution >= 4 is 34.9 Å². The van der Waals surface area contributed by atoms with Gasteiger partial charge in [-0.2, -0.15) is 10.1 Å². The maximum Gasteiger partial charge on any atom is 0.332 e. The number of aryl methyl sites for hydroxylation is 2. The zero-order valence-electron chi connectivity index (χ0n) is 13.3. The van der Waals surface area contributed by atoms with E-state index < -0.39 is 11.2 Å². The lowest BCUT2D eigenvalue weighted by atomic mass is 10.2. The monoisotopic (exact) mass is 346 g/mol. The van der Waals surface area contributed by atoms with Crippen molar-refractivity contribution in [1.29, 1.82) is 0 Å². The van der Waals surface area contributed by atoms with Gasteiger partial charge in [0.05, 0.1) is 6.21 Å². The molecule has 0 unspecified atom stereocenters. The van der Waals surface area contributed by atoms with E-state index in [2.05, 4.69) is 15.5 Å². The van der Waals surface area contributed by atoms with Gasteiger partial charge in [0, 0.05) is 31.7 Å². The summed E-state index contributed by atoms with van der Waals surface area (Å²) < 4.78 is 3.92. The van der Waals surface area contributed by atoms with Crippen molar-refractivity contribution < 1.29 is 0 Å². The lowest BCUT2D eigenvalue weighted by Gasteiger charge is -2.03. The van der Waals surface area contributed by atoms with Crippen LogP contribution in [-0.4, -0.2) is 24.9 Å². The van der Waals surface area contributed by atoms with Crippen molar-refractivity contribution in [3.63, 3.8) is 0 Å². The quantitative estimate of drug-likeness (QED) is 0.567. The third-order valence-corrected chi connectivity index (χ3v) is 4.09. The Hall–Kier alpha value is -2.87. The molecule has 0 aliphatic carbocycles. The fraction of sp³-hybridized carbons (Fsp3) is 0.200. The standard InChI is InChI=1S/C15H15ClN6O2/c1-20-11-12(21(2)15(24)22(3)13(11)23)18-14(20)19-17-8-9-6-4-5-7-10(9)16/h4-8H,1-3H3,(H,18,19). The first-order valence-corrected chi connectivity index (χ1v) is 7.45. The Bertz CT molecular complexity index is 1080. The van der Waals surface area contributed by atoms with Crippen LogP contribution in [0.5, 0.6) is 0 Å². The van der Waals surface area contributed by atoms with Crippen LogP contribution in [0.3, 0.4) is 0 Å². The van der Waals surface area contributed by atoms with Gasteiger partial charge in [-0.05, 0) is 6.07 Å². The van der Waals surface area contributed by atoms with Crippen LogP contribution in [-0.2, 0) is 21.1 Å². The Balaban J connectivity index is 2.03. The first-order chi connectivity index (χ1) is 11.4. The first-order valence-electron chi connectivity index (χ1n) is 7.08. The number of halogens is 1. The molecule has 0 saturated heterocycles. The molecule has 8 nitrogen and oxygen atoms in total. The number of hydrogen-bond acceptors (Lipinski definition) is 5. The van der Waals surface area contributed by atoms with E-state index in [4.69, 9.17) is 11.6 Å². The predicted molar refractivity (Wildman–Crippen MR) is 93.9 cm³/mol. The van der Waals surface area contributed by atoms with Crippen LogP contribution in [0.15, 0.2) is 39.0 Å². The average molecular weight is 347 g/mol. The van der Waals surface area contributed by atoms with E-state index in [1.165, 1.54) is 11.6 Å². The number of anilines is 1. The van der Waals surface area contributed by atoms with Crippen molar-refractivity contribution in [3.8, 4) is 0 Å². The summed E-state index contributed by atoms with van der Waals surface area (Å²) >= 11 is 6.06. The second-order valence-corrected chi connectivity index (χ2v) is 5.67. The summed E-state index contributed by atoms with van der Waals surface area (Å²) in [6.07, 6.45) is 1.55. The highest BCUT2D eigenvalue weighted by molar-refractivity contribution is 6.33. The van der Waals surface area contributed by atoms with Gasteiger partial charge in [0.1, 0.15) is 0 Å². The van der Waals surface area contributed by atoms with E-state index in [1.807, 2.05) is 18.2 Å². The maximum atomic E-state index is 12.3. The molecular formula is C15H15ClN6O2. The Morgan fingerprint density at radius 2 is 1.83 bits per heavy atom. The molecule has 0 amide bonds. The number of benzene rings is 1. The number of nitrogens with one attached hydrogen (secondary N) is 1. The second-order valence-electron chi connectivity index (χ2n) is 5.26. The van der Waals surface area contributed by atoms with Crippen LogP contribution in [0.1, 0.15) is 5.56 Å². The van der Waals surface area contributed by atoms with Gasteiger partial charge in [-0.3, -0.25) is 13.9 Å². The molecule has 1 N–H and O–H groups in total. The average Bonchev–Trinajstić information content (AvgIpc) is 2.90. The molecule has 24 heavy (non-hydrogen) atoms. The molecular weight excluding hydrogens is 332 g/mol. The maximum absolute atomic E-state index is 12.3. The van der Waals surface area contributed by atoms with Gasteiger partial charge in [0.2, 0.25) is 5.95 Å². The Morgan fingerprint density at radius 3 is 2.54 bits per heavy atom. The van der Waals surface area contributed by atoms with Crippen molar-refractivity contribution in [2.45, 2.75) is 0 Å². The topological polar surface area (TPSA) is 86.2 Å². The Kier molecular flexibility index (Phi) is 3.98. The van der Waals surface area contributed by atoms with E-state index >= 15 is 0 Å². The SMILES string of the molecule is Cn1c(=O)c2c(nc(NN=Cc3ccccc3Cl)n2C)n(C)c1=O. The molecule has 0 radical (unpaired) electrons. The highest BCUT2D eigenvalue weighted by atomic mass is 35.5. The number of nitrogens with zero attached hydrogens (tertiary/aromatic N) is 5. The Morgan fingerprint density at radius 1 is 1.12 bits per heavy atom. The Labute approximate surface area is 141 Å². The highest BCUT2D eigenvalue weighted by Gasteiger charge is 2.16. The molecule has 1 aromatic carbocycles. The number of rotatable bonds is 3. The highest BCUT2D eigenvalue weighted by Crippen LogP contribution is 2.14. The summed E-state index contributed by atoms with van der Waals surface area (Å²) in [5.41, 5.74) is 3.28. The summed E-state index contributed by atoms with van der Waals surface area (Å²) in [4.78, 5) is 28.5. The molecule has 0 fully saturated rings. The molecule has 124 valence electrons. The lowest BCUT2D eigenvalue weighted by Crippen LogP contribution is -2.37. The van der Waals surface area contributed by atoms with Crippen molar-refractivity contribution in [2.75, 3.05) is 5.43 Å². The van der Waals surface area contributed by atoms with Gasteiger partial charge in [-0.1, -0.05) is 29.8 Å². The van der Waals surface area contributed by atoms with Gasteiger partial charge >= 0.3 is 5.69 Å². The number of fused-ring (bicyclic) bond motifs is 1. The number of hydrazone groups is 1. The summed E-state index contributed by atoms with van der Waals surface area (Å²) in [6, 6.07) is 7.26. The summed E-state index contributed by atoms with van der Waals surface area (Å²) in [6.45, 7) is 0. The van der Waals surface area contributed by atoms with Gasteiger partial charge in [0.15, 0.2) is 11.2 Å². The van der Waals surface area contributed by atoms with E-state index in [0.29, 0.717) is 22.1 Å². The summed E-state index contributed by atoms with van der Waals surface area (Å²) in [5, 5.41) is 4.67. The van der Waals surface area contributed by atoms with Gasteiger partial charge in [-0.15, -0.1) is 0 Å². The minimum atomic E-state index is -0.434. The van der Waals surface area contributed by atoms with Crippen LogP contribution in [0, 0.1) is 0 Å². The van der Waals surface area contributed by atoms with Crippen LogP contribution in [0.4, 0.5) is 5.95 Å². The number of aromatic nitrogens is 4. The molecule has 0 saturated carbocycles. The van der Waals surface area contributed by atoms with Gasteiger partial charge in [-0.25, -0.2) is 10.2 Å². The third kappa shape index (κ3) is 2.50. The zero-order valence-corrected chi connectivity index (χ0v) is 14.1. The molecule has 0 aliphatic heterocycles. The van der Waals surface area contributed by atoms with Crippen LogP contribution in [0.2, 0.25) is 5.02 Å². The third-order valence-electron chi connectivity index (χ3n) is 3.75. The van der Waals surface area contributed by atoms with Crippen molar-refractivity contribution in [2.24, 2.45) is 26.2 Å². The smallest absolute Gasteiger partial charge is 0.306 e. The second kappa shape index (κ2) is 5.97. The molecule has 3 aromatic rings. The molecule has 0 aliphatic rings. The fourth-order valence-electron chi connectivity index (χ4n) is 2.36. The van der Waals surface area contributed by atoms with Gasteiger partial charge < -0.3 is 4.57 Å². The fourth-order valence-corrected chi connectivity index (χ4v) is 2.54. The summed E-state index contributed by atoms with van der Waals surface area (Å²) in [7, 11) is 4.67. The van der Waals surface area contributed by atoms with Crippen LogP contribution < -0.4 is 16.7 Å². The molecule has 9 heteroatoms. The number of imidazole rings is 1. The largest absolute Gasteiger partial charge is 0.332 e. The van der Waals surface area contributed by atoms with Crippen molar-refractivity contribution in [3.05, 3.63) is 55.7 Å². The molecule has 2 aromatic heterocycles. The number of hydrogen-bond donors (Lipinski definition) is 1. The van der Waals surface area contributed by atoms with Crippen LogP contribution >= 0.6 is 11.6 Å². The molecule has 0 spiro atoms. The predicted octanol–water partition coefficient (Wildman–Crippen LogP) is 1.07. The van der Waals surface area contributed by atoms with Crippen molar-refractivity contribution in [1.82, 2.24) is 18.7 Å². The van der Waals surface area contributed by atoms with Crippen LogP contribution in [0.25, 0.3) is 11.2 Å². The van der Waals surface area contributed by atoms with E-state index in [9.17, 15) is 9.59 Å². The van der Waals surface area contributed by atoms with Gasteiger partial charge in [0.25, 0.3) is 5.56 Å². The lowest BCUT2D eigenvalue weighted by molar-refractivity contribution is 0.705.